The Labute approximate surface area is 126 Å². The number of aromatic nitrogens is 2. The molecule has 1 aromatic heterocycles. The van der Waals surface area contributed by atoms with E-state index in [2.05, 4.69) is 17.2 Å². The van der Waals surface area contributed by atoms with Crippen LogP contribution in [0.25, 0.3) is 11.3 Å². The van der Waals surface area contributed by atoms with E-state index in [1.807, 2.05) is 48.7 Å². The quantitative estimate of drug-likeness (QED) is 0.683. The van der Waals surface area contributed by atoms with E-state index in [1.54, 1.807) is 11.8 Å². The van der Waals surface area contributed by atoms with Gasteiger partial charge in [0.05, 0.1) is 4.90 Å². The highest BCUT2D eigenvalue weighted by molar-refractivity contribution is 7.98. The Morgan fingerprint density at radius 2 is 1.81 bits per heavy atom. The fourth-order valence-corrected chi connectivity index (χ4v) is 3.52. The van der Waals surface area contributed by atoms with Crippen LogP contribution in [0.3, 0.4) is 0 Å². The molecule has 0 radical (unpaired) electrons. The molecule has 21 heavy (non-hydrogen) atoms. The van der Waals surface area contributed by atoms with Crippen LogP contribution in [0.5, 0.6) is 0 Å². The van der Waals surface area contributed by atoms with Gasteiger partial charge >= 0.3 is 0 Å². The Bertz CT molecular complexity index is 824. The molecule has 3 aromatic rings. The highest BCUT2D eigenvalue weighted by Crippen LogP contribution is 2.40. The molecule has 0 amide bonds. The molecular weight excluding hydrogens is 280 g/mol. The SMILES string of the molecule is O=C(c1ccccc1)n1cc2c(n1)-c1ccccc1CS2. The summed E-state index contributed by atoms with van der Waals surface area (Å²) in [6.45, 7) is 0. The number of nitrogens with zero attached hydrogens (tertiary/aromatic N) is 2. The molecule has 0 fully saturated rings. The molecule has 0 aliphatic carbocycles. The Kier molecular flexibility index (Phi) is 2.89. The van der Waals surface area contributed by atoms with Crippen molar-refractivity contribution in [3.05, 3.63) is 71.9 Å². The molecule has 3 nitrogen and oxygen atoms in total. The van der Waals surface area contributed by atoms with Gasteiger partial charge in [0.2, 0.25) is 0 Å². The van der Waals surface area contributed by atoms with Gasteiger partial charge in [0.1, 0.15) is 5.69 Å². The summed E-state index contributed by atoms with van der Waals surface area (Å²) in [5.41, 5.74) is 3.96. The van der Waals surface area contributed by atoms with Crippen molar-refractivity contribution in [2.45, 2.75) is 10.6 Å². The second kappa shape index (κ2) is 4.90. The van der Waals surface area contributed by atoms with E-state index in [0.717, 1.165) is 21.9 Å². The lowest BCUT2D eigenvalue weighted by molar-refractivity contribution is 0.0945. The first-order valence-corrected chi connectivity index (χ1v) is 7.72. The van der Waals surface area contributed by atoms with Crippen molar-refractivity contribution in [2.75, 3.05) is 0 Å². The van der Waals surface area contributed by atoms with Crippen LogP contribution in [0.4, 0.5) is 0 Å². The predicted molar refractivity (Wildman–Crippen MR) is 83.4 cm³/mol. The zero-order valence-corrected chi connectivity index (χ0v) is 12.0. The van der Waals surface area contributed by atoms with Gasteiger partial charge in [0.15, 0.2) is 0 Å². The number of hydrogen-bond donors (Lipinski definition) is 0. The van der Waals surface area contributed by atoms with Gasteiger partial charge in [0.25, 0.3) is 5.91 Å². The van der Waals surface area contributed by atoms with Crippen molar-refractivity contribution in [1.82, 2.24) is 9.78 Å². The number of thioether (sulfide) groups is 1. The standard InChI is InChI=1S/C17H12N2OS/c20-17(12-6-2-1-3-7-12)19-10-15-16(18-19)14-9-5-4-8-13(14)11-21-15/h1-10H,11H2. The average molecular weight is 292 g/mol. The lowest BCUT2D eigenvalue weighted by Gasteiger charge is -2.13. The van der Waals surface area contributed by atoms with Gasteiger partial charge in [-0.15, -0.1) is 11.8 Å². The van der Waals surface area contributed by atoms with Crippen LogP contribution in [0.2, 0.25) is 0 Å². The smallest absolute Gasteiger partial charge is 0.267 e. The van der Waals surface area contributed by atoms with Gasteiger partial charge in [-0.05, 0) is 17.7 Å². The Morgan fingerprint density at radius 3 is 2.67 bits per heavy atom. The van der Waals surface area contributed by atoms with Gasteiger partial charge < -0.3 is 0 Å². The molecule has 0 atom stereocenters. The number of hydrogen-bond acceptors (Lipinski definition) is 3. The third kappa shape index (κ3) is 2.08. The largest absolute Gasteiger partial charge is 0.278 e. The third-order valence-corrected chi connectivity index (χ3v) is 4.63. The summed E-state index contributed by atoms with van der Waals surface area (Å²) in [6, 6.07) is 17.5. The maximum atomic E-state index is 12.5. The summed E-state index contributed by atoms with van der Waals surface area (Å²) < 4.78 is 1.45. The van der Waals surface area contributed by atoms with E-state index < -0.39 is 0 Å². The topological polar surface area (TPSA) is 34.9 Å². The first-order chi connectivity index (χ1) is 10.3. The first-order valence-electron chi connectivity index (χ1n) is 6.73. The number of fused-ring (bicyclic) bond motifs is 3. The van der Waals surface area contributed by atoms with Gasteiger partial charge in [-0.25, -0.2) is 4.68 Å². The monoisotopic (exact) mass is 292 g/mol. The second-order valence-electron chi connectivity index (χ2n) is 4.90. The van der Waals surface area contributed by atoms with Crippen molar-refractivity contribution < 1.29 is 4.79 Å². The predicted octanol–water partition coefficient (Wildman–Crippen LogP) is 3.84. The fraction of sp³-hybridized carbons (Fsp3) is 0.0588. The van der Waals surface area contributed by atoms with E-state index in [1.165, 1.54) is 10.2 Å². The third-order valence-electron chi connectivity index (χ3n) is 3.57. The number of rotatable bonds is 1. The minimum atomic E-state index is -0.0944. The molecule has 0 saturated heterocycles. The summed E-state index contributed by atoms with van der Waals surface area (Å²) in [4.78, 5) is 13.5. The summed E-state index contributed by atoms with van der Waals surface area (Å²) in [5, 5.41) is 4.51. The number of carbonyl (C=O) groups is 1. The van der Waals surface area contributed by atoms with E-state index in [9.17, 15) is 4.79 Å². The average Bonchev–Trinajstić information content (AvgIpc) is 2.99. The molecule has 2 aromatic carbocycles. The molecular formula is C17H12N2OS. The van der Waals surface area contributed by atoms with Gasteiger partial charge in [0, 0.05) is 23.1 Å². The number of benzene rings is 2. The molecule has 1 aliphatic rings. The molecule has 1 aliphatic heterocycles. The van der Waals surface area contributed by atoms with Crippen molar-refractivity contribution >= 4 is 17.7 Å². The molecule has 4 rings (SSSR count). The second-order valence-corrected chi connectivity index (χ2v) is 5.92. The minimum Gasteiger partial charge on any atom is -0.267 e. The molecule has 2 heterocycles. The van der Waals surface area contributed by atoms with E-state index in [0.29, 0.717) is 5.56 Å². The highest BCUT2D eigenvalue weighted by Gasteiger charge is 2.22. The molecule has 0 N–H and O–H groups in total. The zero-order valence-electron chi connectivity index (χ0n) is 11.2. The molecule has 0 bridgehead atoms. The normalized spacial score (nSPS) is 12.6. The van der Waals surface area contributed by atoms with Crippen LogP contribution in [-0.2, 0) is 5.75 Å². The van der Waals surface area contributed by atoms with Gasteiger partial charge in [-0.1, -0.05) is 42.5 Å². The fourth-order valence-electron chi connectivity index (χ4n) is 2.50. The van der Waals surface area contributed by atoms with Gasteiger partial charge in [-0.2, -0.15) is 5.10 Å². The van der Waals surface area contributed by atoms with Crippen LogP contribution in [-0.4, -0.2) is 15.7 Å². The zero-order chi connectivity index (χ0) is 14.2. The van der Waals surface area contributed by atoms with E-state index in [-0.39, 0.29) is 5.91 Å². The minimum absolute atomic E-state index is 0.0944. The van der Waals surface area contributed by atoms with Crippen LogP contribution in [0.15, 0.2) is 65.7 Å². The van der Waals surface area contributed by atoms with Crippen molar-refractivity contribution in [1.29, 1.82) is 0 Å². The van der Waals surface area contributed by atoms with Crippen molar-refractivity contribution in [3.8, 4) is 11.3 Å². The Balaban J connectivity index is 1.79. The lowest BCUT2D eigenvalue weighted by atomic mass is 10.1. The maximum absolute atomic E-state index is 12.5. The van der Waals surface area contributed by atoms with Gasteiger partial charge in [-0.3, -0.25) is 4.79 Å². The molecule has 0 spiro atoms. The lowest BCUT2D eigenvalue weighted by Crippen LogP contribution is -2.12. The van der Waals surface area contributed by atoms with Crippen molar-refractivity contribution in [2.24, 2.45) is 0 Å². The van der Waals surface area contributed by atoms with E-state index >= 15 is 0 Å². The summed E-state index contributed by atoms with van der Waals surface area (Å²) in [6.07, 6.45) is 1.84. The molecule has 4 heteroatoms. The van der Waals surface area contributed by atoms with Crippen LogP contribution in [0.1, 0.15) is 15.9 Å². The Morgan fingerprint density at radius 1 is 1.05 bits per heavy atom. The Hall–Kier alpha value is -2.33. The maximum Gasteiger partial charge on any atom is 0.278 e. The number of carbonyl (C=O) groups excluding carboxylic acids is 1. The summed E-state index contributed by atoms with van der Waals surface area (Å²) >= 11 is 1.73. The summed E-state index contributed by atoms with van der Waals surface area (Å²) in [5.74, 6) is 0.831. The van der Waals surface area contributed by atoms with Crippen LogP contribution in [0, 0.1) is 0 Å². The molecule has 102 valence electrons. The first kappa shape index (κ1) is 12.4. The van der Waals surface area contributed by atoms with Crippen LogP contribution < -0.4 is 0 Å². The van der Waals surface area contributed by atoms with E-state index in [4.69, 9.17) is 0 Å². The highest BCUT2D eigenvalue weighted by atomic mass is 32.2. The summed E-state index contributed by atoms with van der Waals surface area (Å²) in [7, 11) is 0. The molecule has 0 unspecified atom stereocenters. The van der Waals surface area contributed by atoms with Crippen molar-refractivity contribution in [3.63, 3.8) is 0 Å². The molecule has 0 saturated carbocycles. The van der Waals surface area contributed by atoms with Crippen LogP contribution >= 0.6 is 11.8 Å².